The number of aliphatic hydroxyl groups excluding tert-OH is 1. The first-order valence-corrected chi connectivity index (χ1v) is 6.69. The molecule has 0 fully saturated rings. The van der Waals surface area contributed by atoms with Gasteiger partial charge in [-0.3, -0.25) is 10.1 Å². The maximum atomic E-state index is 13.2. The van der Waals surface area contributed by atoms with Crippen LogP contribution in [0, 0.1) is 15.9 Å². The minimum atomic E-state index is -0.851. The van der Waals surface area contributed by atoms with Crippen LogP contribution in [-0.4, -0.2) is 10.0 Å². The van der Waals surface area contributed by atoms with E-state index in [9.17, 15) is 19.6 Å². The average molecular weight is 293 g/mol. The topological polar surface area (TPSA) is 63.4 Å². The van der Waals surface area contributed by atoms with Gasteiger partial charge < -0.3 is 5.11 Å². The molecule has 1 N–H and O–H groups in total. The summed E-state index contributed by atoms with van der Waals surface area (Å²) in [6, 6.07) is 10.3. The quantitative estimate of drug-likeness (QED) is 0.685. The van der Waals surface area contributed by atoms with Gasteiger partial charge in [0.05, 0.1) is 15.9 Å². The fourth-order valence-electron chi connectivity index (χ4n) is 1.75. The molecule has 104 valence electrons. The van der Waals surface area contributed by atoms with Crippen LogP contribution in [-0.2, 0) is 0 Å². The van der Waals surface area contributed by atoms with E-state index in [2.05, 4.69) is 0 Å². The van der Waals surface area contributed by atoms with Crippen LogP contribution >= 0.6 is 11.8 Å². The van der Waals surface area contributed by atoms with Crippen LogP contribution in [0.25, 0.3) is 0 Å². The molecule has 2 aromatic carbocycles. The molecule has 20 heavy (non-hydrogen) atoms. The third-order valence-electron chi connectivity index (χ3n) is 2.70. The van der Waals surface area contributed by atoms with Crippen LogP contribution in [0.15, 0.2) is 52.3 Å². The number of halogens is 1. The Labute approximate surface area is 119 Å². The largest absolute Gasteiger partial charge is 0.389 e. The number of nitrogens with zero attached hydrogens (tertiary/aromatic N) is 1. The number of nitro benzene ring substituents is 1. The normalized spacial score (nSPS) is 12.2. The van der Waals surface area contributed by atoms with E-state index in [-0.39, 0.29) is 5.69 Å². The molecular weight excluding hydrogens is 281 g/mol. The van der Waals surface area contributed by atoms with Crippen molar-refractivity contribution in [3.63, 3.8) is 0 Å². The number of hydrogen-bond acceptors (Lipinski definition) is 4. The molecule has 4 nitrogen and oxygen atoms in total. The van der Waals surface area contributed by atoms with Crippen LogP contribution in [0.4, 0.5) is 10.1 Å². The summed E-state index contributed by atoms with van der Waals surface area (Å²) in [5.41, 5.74) is 0.395. The van der Waals surface area contributed by atoms with Gasteiger partial charge >= 0.3 is 0 Å². The number of benzene rings is 2. The van der Waals surface area contributed by atoms with Gasteiger partial charge in [-0.15, -0.1) is 0 Å². The van der Waals surface area contributed by atoms with E-state index in [0.29, 0.717) is 15.4 Å². The van der Waals surface area contributed by atoms with Crippen LogP contribution in [0.5, 0.6) is 0 Å². The smallest absolute Gasteiger partial charge is 0.283 e. The molecular formula is C14H12FNO3S. The summed E-state index contributed by atoms with van der Waals surface area (Å²) in [5.74, 6) is -0.451. The summed E-state index contributed by atoms with van der Waals surface area (Å²) < 4.78 is 13.2. The highest BCUT2D eigenvalue weighted by atomic mass is 32.2. The van der Waals surface area contributed by atoms with Crippen molar-refractivity contribution < 1.29 is 14.4 Å². The summed E-state index contributed by atoms with van der Waals surface area (Å²) >= 11 is 1.14. The van der Waals surface area contributed by atoms with Crippen molar-refractivity contribution in [2.45, 2.75) is 22.8 Å². The van der Waals surface area contributed by atoms with E-state index in [4.69, 9.17) is 0 Å². The average Bonchev–Trinajstić information content (AvgIpc) is 2.41. The molecule has 0 radical (unpaired) electrons. The molecule has 0 bridgehead atoms. The van der Waals surface area contributed by atoms with Crippen molar-refractivity contribution >= 4 is 17.4 Å². The van der Waals surface area contributed by atoms with E-state index in [0.717, 1.165) is 11.8 Å². The van der Waals surface area contributed by atoms with Crippen molar-refractivity contribution in [1.82, 2.24) is 0 Å². The second kappa shape index (κ2) is 6.02. The molecule has 0 aliphatic carbocycles. The van der Waals surface area contributed by atoms with Gasteiger partial charge in [0.2, 0.25) is 0 Å². The molecule has 0 aromatic heterocycles. The third-order valence-corrected chi connectivity index (χ3v) is 3.86. The first kappa shape index (κ1) is 14.5. The van der Waals surface area contributed by atoms with Crippen LogP contribution in [0.1, 0.15) is 18.6 Å². The van der Waals surface area contributed by atoms with E-state index >= 15 is 0 Å². The van der Waals surface area contributed by atoms with Gasteiger partial charge in [0.15, 0.2) is 0 Å². The van der Waals surface area contributed by atoms with Crippen molar-refractivity contribution in [1.29, 1.82) is 0 Å². The Morgan fingerprint density at radius 1 is 1.25 bits per heavy atom. The third kappa shape index (κ3) is 3.15. The number of rotatable bonds is 4. The van der Waals surface area contributed by atoms with Gasteiger partial charge in [0, 0.05) is 11.0 Å². The number of para-hydroxylation sites is 1. The van der Waals surface area contributed by atoms with Gasteiger partial charge in [0.1, 0.15) is 5.82 Å². The lowest BCUT2D eigenvalue weighted by molar-refractivity contribution is -0.387. The fourth-order valence-corrected chi connectivity index (χ4v) is 2.87. The minimum absolute atomic E-state index is 0.0154. The molecule has 1 atom stereocenters. The SMILES string of the molecule is C[C@@H](O)c1cc(F)ccc1Sc1ccccc1[N+](=O)[O-]. The number of nitro groups is 1. The van der Waals surface area contributed by atoms with Gasteiger partial charge in [-0.1, -0.05) is 23.9 Å². The predicted molar refractivity (Wildman–Crippen MR) is 74.3 cm³/mol. The Morgan fingerprint density at radius 3 is 2.60 bits per heavy atom. The van der Waals surface area contributed by atoms with E-state index in [1.807, 2.05) is 0 Å². The molecule has 0 aliphatic heterocycles. The van der Waals surface area contributed by atoms with Crippen LogP contribution < -0.4 is 0 Å². The molecule has 0 amide bonds. The molecule has 0 unspecified atom stereocenters. The Morgan fingerprint density at radius 2 is 1.95 bits per heavy atom. The molecule has 0 spiro atoms. The Balaban J connectivity index is 2.43. The second-order valence-electron chi connectivity index (χ2n) is 4.19. The lowest BCUT2D eigenvalue weighted by atomic mass is 10.1. The second-order valence-corrected chi connectivity index (χ2v) is 5.27. The molecule has 2 rings (SSSR count). The Bertz CT molecular complexity index is 646. The fraction of sp³-hybridized carbons (Fsp3) is 0.143. The summed E-state index contributed by atoms with van der Waals surface area (Å²) in [5, 5.41) is 20.6. The van der Waals surface area contributed by atoms with E-state index in [1.54, 1.807) is 18.2 Å². The lowest BCUT2D eigenvalue weighted by Crippen LogP contribution is -1.96. The summed E-state index contributed by atoms with van der Waals surface area (Å²) in [6.07, 6.45) is -0.851. The molecule has 2 aromatic rings. The number of aliphatic hydroxyl groups is 1. The first-order valence-electron chi connectivity index (χ1n) is 5.88. The first-order chi connectivity index (χ1) is 9.49. The van der Waals surface area contributed by atoms with Gasteiger partial charge in [-0.2, -0.15) is 0 Å². The Kier molecular flexibility index (Phi) is 4.36. The molecule has 0 saturated carbocycles. The molecule has 6 heteroatoms. The maximum absolute atomic E-state index is 13.2. The summed E-state index contributed by atoms with van der Waals surface area (Å²) in [6.45, 7) is 1.53. The monoisotopic (exact) mass is 293 g/mol. The number of hydrogen-bond donors (Lipinski definition) is 1. The standard InChI is InChI=1S/C14H12FNO3S/c1-9(17)11-8-10(15)6-7-13(11)20-14-5-3-2-4-12(14)16(18)19/h2-9,17H,1H3/t9-/m1/s1. The van der Waals surface area contributed by atoms with Crippen LogP contribution in [0.2, 0.25) is 0 Å². The van der Waals surface area contributed by atoms with Crippen LogP contribution in [0.3, 0.4) is 0 Å². The molecule has 0 heterocycles. The summed E-state index contributed by atoms with van der Waals surface area (Å²) in [7, 11) is 0. The summed E-state index contributed by atoms with van der Waals surface area (Å²) in [4.78, 5) is 11.5. The zero-order valence-electron chi connectivity index (χ0n) is 10.6. The van der Waals surface area contributed by atoms with Gasteiger partial charge in [0.25, 0.3) is 5.69 Å². The zero-order valence-corrected chi connectivity index (χ0v) is 11.4. The van der Waals surface area contributed by atoms with E-state index < -0.39 is 16.8 Å². The van der Waals surface area contributed by atoms with Crippen molar-refractivity contribution in [2.75, 3.05) is 0 Å². The Hall–Kier alpha value is -1.92. The van der Waals surface area contributed by atoms with Crippen molar-refractivity contribution in [3.8, 4) is 0 Å². The highest BCUT2D eigenvalue weighted by Gasteiger charge is 2.17. The van der Waals surface area contributed by atoms with Crippen molar-refractivity contribution in [2.24, 2.45) is 0 Å². The van der Waals surface area contributed by atoms with E-state index in [1.165, 1.54) is 31.2 Å². The predicted octanol–water partition coefficient (Wildman–Crippen LogP) is 3.94. The van der Waals surface area contributed by atoms with Gasteiger partial charge in [-0.25, -0.2) is 4.39 Å². The highest BCUT2D eigenvalue weighted by Crippen LogP contribution is 2.38. The van der Waals surface area contributed by atoms with Crippen molar-refractivity contribution in [3.05, 3.63) is 64.0 Å². The minimum Gasteiger partial charge on any atom is -0.389 e. The zero-order chi connectivity index (χ0) is 14.7. The molecule has 0 aliphatic rings. The maximum Gasteiger partial charge on any atom is 0.283 e. The lowest BCUT2D eigenvalue weighted by Gasteiger charge is -2.11. The van der Waals surface area contributed by atoms with Gasteiger partial charge in [-0.05, 0) is 36.8 Å². The highest BCUT2D eigenvalue weighted by molar-refractivity contribution is 7.99. The molecule has 0 saturated heterocycles.